The topological polar surface area (TPSA) is 28.3 Å². The summed E-state index contributed by atoms with van der Waals surface area (Å²) in [5.74, 6) is 3.31. The largest absolute Gasteiger partial charge is 0.458 e. The molecule has 0 N–H and O–H groups in total. The summed E-state index contributed by atoms with van der Waals surface area (Å²) >= 11 is 0. The van der Waals surface area contributed by atoms with Crippen molar-refractivity contribution >= 4 is 95.5 Å². The van der Waals surface area contributed by atoms with Gasteiger partial charge in [-0.15, -0.1) is 0 Å². The fourth-order valence-electron chi connectivity index (χ4n) is 12.4. The second kappa shape index (κ2) is 16.0. The molecule has 0 atom stereocenters. The Bertz CT molecular complexity index is 4080. The Morgan fingerprint density at radius 1 is 0.319 bits per heavy atom. The lowest BCUT2D eigenvalue weighted by atomic mass is 9.34. The van der Waals surface area contributed by atoms with Crippen molar-refractivity contribution in [3.8, 4) is 45.5 Å². The van der Waals surface area contributed by atoms with Crippen LogP contribution >= 0.6 is 0 Å². The molecular weight excluding hydrogens is 892 g/mol. The molecule has 0 amide bonds. The van der Waals surface area contributed by atoms with E-state index in [0.717, 1.165) is 84.0 Å². The Balaban J connectivity index is 0.997. The first-order valence-corrected chi connectivity index (χ1v) is 26.8. The zero-order chi connectivity index (χ0) is 47.3. The van der Waals surface area contributed by atoms with Gasteiger partial charge in [-0.25, -0.2) is 0 Å². The normalized spacial score (nSPS) is 12.6. The van der Waals surface area contributed by atoms with E-state index in [0.29, 0.717) is 0 Å². The van der Waals surface area contributed by atoms with Crippen LogP contribution in [0, 0.1) is 0 Å². The summed E-state index contributed by atoms with van der Waals surface area (Å²) in [5.41, 5.74) is 12.3. The van der Waals surface area contributed by atoms with Crippen LogP contribution in [0.1, 0.15) is 0 Å². The molecule has 4 heterocycles. The summed E-state index contributed by atoms with van der Waals surface area (Å²) in [5, 5.41) is 10.2. The number of nitrogens with zero attached hydrogens (tertiary/aromatic N) is 2. The molecule has 15 rings (SSSR count). The maximum absolute atomic E-state index is 7.13. The van der Waals surface area contributed by atoms with Crippen LogP contribution in [0.15, 0.2) is 261 Å². The SMILES string of the molecule is c1ccc([Si](c2ccccc2)(c2ccccc2)c2cccc(-c3cc4c(cc3-n3c5ccccc5c5ccccc53)Oc3cccc5c3B4c3ccc(-n4c6ccccc6c6ccccc64)cc3O5)c2)cc1. The Morgan fingerprint density at radius 3 is 1.29 bits per heavy atom. The van der Waals surface area contributed by atoms with Gasteiger partial charge < -0.3 is 18.6 Å². The van der Waals surface area contributed by atoms with Crippen LogP contribution < -0.4 is 46.6 Å². The third-order valence-corrected chi connectivity index (χ3v) is 20.2. The first-order chi connectivity index (χ1) is 35.7. The fourth-order valence-corrected chi connectivity index (χ4v) is 17.2. The lowest BCUT2D eigenvalue weighted by Crippen LogP contribution is -2.74. The number of hydrogen-bond acceptors (Lipinski definition) is 2. The molecule has 2 aliphatic heterocycles. The number of fused-ring (bicyclic) bond motifs is 10. The summed E-state index contributed by atoms with van der Waals surface area (Å²) in [4.78, 5) is 0. The van der Waals surface area contributed by atoms with Crippen molar-refractivity contribution in [1.82, 2.24) is 9.13 Å². The number of aromatic nitrogens is 2. The van der Waals surface area contributed by atoms with Crippen molar-refractivity contribution in [2.24, 2.45) is 0 Å². The van der Waals surface area contributed by atoms with E-state index >= 15 is 0 Å². The molecule has 11 aromatic carbocycles. The van der Waals surface area contributed by atoms with Gasteiger partial charge in [0.25, 0.3) is 6.71 Å². The Labute approximate surface area is 418 Å². The number of rotatable bonds is 7. The van der Waals surface area contributed by atoms with Crippen LogP contribution in [0.25, 0.3) is 66.1 Å². The quantitative estimate of drug-likeness (QED) is 0.118. The molecular formula is C66H43BN2O2Si. The lowest BCUT2D eigenvalue weighted by Gasteiger charge is -2.35. The molecule has 336 valence electrons. The predicted molar refractivity (Wildman–Crippen MR) is 302 cm³/mol. The van der Waals surface area contributed by atoms with E-state index in [1.165, 1.54) is 42.3 Å². The van der Waals surface area contributed by atoms with Crippen LogP contribution in [0.3, 0.4) is 0 Å². The van der Waals surface area contributed by atoms with Gasteiger partial charge >= 0.3 is 0 Å². The van der Waals surface area contributed by atoms with Crippen LogP contribution in [0.4, 0.5) is 0 Å². The van der Waals surface area contributed by atoms with E-state index in [1.807, 2.05) is 6.07 Å². The van der Waals surface area contributed by atoms with Gasteiger partial charge in [0, 0.05) is 50.4 Å². The van der Waals surface area contributed by atoms with Gasteiger partial charge in [-0.3, -0.25) is 0 Å². The summed E-state index contributed by atoms with van der Waals surface area (Å²) in [6.45, 7) is -0.156. The van der Waals surface area contributed by atoms with E-state index in [9.17, 15) is 0 Å². The predicted octanol–water partition coefficient (Wildman–Crippen LogP) is 11.7. The molecule has 0 unspecified atom stereocenters. The van der Waals surface area contributed by atoms with E-state index in [2.05, 4.69) is 264 Å². The minimum absolute atomic E-state index is 0.156. The Hall–Kier alpha value is -9.10. The number of benzene rings is 11. The summed E-state index contributed by atoms with van der Waals surface area (Å²) in [6, 6.07) is 95.7. The highest BCUT2D eigenvalue weighted by Gasteiger charge is 2.43. The van der Waals surface area contributed by atoms with Gasteiger partial charge in [-0.05, 0) is 79.7 Å². The minimum Gasteiger partial charge on any atom is -0.458 e. The first-order valence-electron chi connectivity index (χ1n) is 24.8. The first kappa shape index (κ1) is 40.8. The smallest absolute Gasteiger partial charge is 0.260 e. The van der Waals surface area contributed by atoms with Gasteiger partial charge in [-0.1, -0.05) is 206 Å². The molecule has 0 saturated carbocycles. The van der Waals surface area contributed by atoms with Crippen LogP contribution in [0.5, 0.6) is 23.0 Å². The summed E-state index contributed by atoms with van der Waals surface area (Å²) < 4.78 is 18.9. The highest BCUT2D eigenvalue weighted by molar-refractivity contribution is 7.20. The minimum atomic E-state index is -2.89. The Morgan fingerprint density at radius 2 is 0.764 bits per heavy atom. The number of hydrogen-bond donors (Lipinski definition) is 0. The number of ether oxygens (including phenoxy) is 2. The van der Waals surface area contributed by atoms with Crippen LogP contribution in [0.2, 0.25) is 0 Å². The molecule has 6 heteroatoms. The highest BCUT2D eigenvalue weighted by atomic mass is 28.3. The molecule has 2 aromatic heterocycles. The van der Waals surface area contributed by atoms with Crippen molar-refractivity contribution < 1.29 is 9.47 Å². The third kappa shape index (κ3) is 5.93. The van der Waals surface area contributed by atoms with E-state index < -0.39 is 8.07 Å². The molecule has 4 nitrogen and oxygen atoms in total. The molecule has 0 fully saturated rings. The average Bonchev–Trinajstić information content (AvgIpc) is 3.97. The van der Waals surface area contributed by atoms with Crippen molar-refractivity contribution in [1.29, 1.82) is 0 Å². The molecule has 72 heavy (non-hydrogen) atoms. The van der Waals surface area contributed by atoms with Crippen molar-refractivity contribution in [2.75, 3.05) is 0 Å². The monoisotopic (exact) mass is 934 g/mol. The maximum Gasteiger partial charge on any atom is 0.260 e. The lowest BCUT2D eigenvalue weighted by molar-refractivity contribution is 0.464. The standard InChI is InChI=1S/C66H43BN2O2Si/c1-4-21-46(22-5-1)72(47-23-6-2-7-24-47,48-25-8-3-9-26-48)49-27-18-20-44(40-49)54-42-56-65(43-61(54)69-59-34-16-12-30-52(59)53-31-13-17-35-60(53)69)71-63-37-19-36-62-66(63)67(56)55-39-38-45(41-64(55)70-62)68-57-32-14-10-28-50(57)51-29-11-15-33-58(51)68/h1-43H. The second-order valence-electron chi connectivity index (χ2n) is 19.1. The van der Waals surface area contributed by atoms with E-state index in [-0.39, 0.29) is 6.71 Å². The highest BCUT2D eigenvalue weighted by Crippen LogP contribution is 2.42. The van der Waals surface area contributed by atoms with E-state index in [4.69, 9.17) is 9.47 Å². The van der Waals surface area contributed by atoms with Gasteiger partial charge in [0.05, 0.1) is 27.8 Å². The molecule has 0 radical (unpaired) electrons. The van der Waals surface area contributed by atoms with Crippen molar-refractivity contribution in [2.45, 2.75) is 0 Å². The van der Waals surface area contributed by atoms with Gasteiger partial charge in [0.15, 0.2) is 8.07 Å². The third-order valence-electron chi connectivity index (χ3n) is 15.4. The average molecular weight is 935 g/mol. The second-order valence-corrected chi connectivity index (χ2v) is 22.9. The zero-order valence-electron chi connectivity index (χ0n) is 39.1. The summed E-state index contributed by atoms with van der Waals surface area (Å²) in [7, 11) is -2.89. The Kier molecular flexibility index (Phi) is 9.04. The molecule has 0 spiro atoms. The number of para-hydroxylation sites is 4. The summed E-state index contributed by atoms with van der Waals surface area (Å²) in [6.07, 6.45) is 0. The van der Waals surface area contributed by atoms with E-state index in [1.54, 1.807) is 0 Å². The van der Waals surface area contributed by atoms with Gasteiger partial charge in [0.2, 0.25) is 0 Å². The van der Waals surface area contributed by atoms with Gasteiger partial charge in [0.1, 0.15) is 23.0 Å². The van der Waals surface area contributed by atoms with Crippen LogP contribution in [-0.4, -0.2) is 23.9 Å². The molecule has 2 aliphatic rings. The zero-order valence-corrected chi connectivity index (χ0v) is 40.1. The fraction of sp³-hybridized carbons (Fsp3) is 0. The molecule has 0 aliphatic carbocycles. The van der Waals surface area contributed by atoms with Crippen LogP contribution in [-0.2, 0) is 0 Å². The molecule has 13 aromatic rings. The molecule has 0 saturated heterocycles. The van der Waals surface area contributed by atoms with Crippen molar-refractivity contribution in [3.05, 3.63) is 261 Å². The maximum atomic E-state index is 7.13. The van der Waals surface area contributed by atoms with Gasteiger partial charge in [-0.2, -0.15) is 0 Å². The van der Waals surface area contributed by atoms with Crippen molar-refractivity contribution in [3.63, 3.8) is 0 Å². The molecule has 0 bridgehead atoms.